The van der Waals surface area contributed by atoms with Crippen LogP contribution in [0.15, 0.2) is 0 Å². The Morgan fingerprint density at radius 1 is 1.40 bits per heavy atom. The van der Waals surface area contributed by atoms with Crippen molar-refractivity contribution in [1.82, 2.24) is 0 Å². The average molecular weight is 164 g/mol. The molecule has 0 fully saturated rings. The molecule has 0 aliphatic heterocycles. The zero-order valence-corrected chi connectivity index (χ0v) is 6.22. The summed E-state index contributed by atoms with van der Waals surface area (Å²) in [6.45, 7) is 1.71. The molecule has 5 heteroatoms. The van der Waals surface area contributed by atoms with E-state index in [1.165, 1.54) is 0 Å². The van der Waals surface area contributed by atoms with Gasteiger partial charge in [-0.3, -0.25) is 9.59 Å². The van der Waals surface area contributed by atoms with Gasteiger partial charge in [-0.25, -0.2) is 0 Å². The lowest BCUT2D eigenvalue weighted by Crippen LogP contribution is -2.26. The molecule has 0 saturated carbocycles. The first-order valence-electron chi connectivity index (χ1n) is 2.66. The van der Waals surface area contributed by atoms with Gasteiger partial charge < -0.3 is 10.2 Å². The Hall–Kier alpha value is -0.710. The molecule has 0 bridgehead atoms. The molecule has 0 spiro atoms. The van der Waals surface area contributed by atoms with Crippen molar-refractivity contribution in [2.24, 2.45) is 0 Å². The van der Waals surface area contributed by atoms with E-state index in [1.54, 1.807) is 6.92 Å². The molecule has 0 saturated heterocycles. The Kier molecular flexibility index (Phi) is 3.87. The number of aliphatic carboxylic acids is 2. The molecule has 0 aliphatic carbocycles. The number of carboxylic acids is 2. The summed E-state index contributed by atoms with van der Waals surface area (Å²) in [4.78, 5) is 20.3. The minimum Gasteiger partial charge on any atom is -0.480 e. The zero-order chi connectivity index (χ0) is 8.15. The van der Waals surface area contributed by atoms with Gasteiger partial charge in [0.25, 0.3) is 0 Å². The maximum atomic E-state index is 10.1. The average Bonchev–Trinajstić information content (AvgIpc) is 1.81. The molecule has 0 aliphatic rings. The number of thioether (sulfide) groups is 1. The van der Waals surface area contributed by atoms with Crippen molar-refractivity contribution in [2.45, 2.75) is 12.2 Å². The van der Waals surface area contributed by atoms with E-state index >= 15 is 0 Å². The predicted octanol–water partition coefficient (Wildman–Crippen LogP) is 0.277. The number of hydrogen-bond acceptors (Lipinski definition) is 3. The van der Waals surface area contributed by atoms with Gasteiger partial charge in [0, 0.05) is 0 Å². The highest BCUT2D eigenvalue weighted by Gasteiger charge is 2.24. The van der Waals surface area contributed by atoms with Crippen molar-refractivity contribution in [1.29, 1.82) is 0 Å². The van der Waals surface area contributed by atoms with Crippen LogP contribution in [0.3, 0.4) is 0 Å². The van der Waals surface area contributed by atoms with Crippen molar-refractivity contribution in [3.05, 3.63) is 0 Å². The van der Waals surface area contributed by atoms with Crippen LogP contribution >= 0.6 is 11.8 Å². The summed E-state index contributed by atoms with van der Waals surface area (Å²) in [5.41, 5.74) is 0. The second-order valence-electron chi connectivity index (χ2n) is 1.51. The highest BCUT2D eigenvalue weighted by molar-refractivity contribution is 8.01. The summed E-state index contributed by atoms with van der Waals surface area (Å²) < 4.78 is 0. The zero-order valence-electron chi connectivity index (χ0n) is 5.40. The molecule has 0 aromatic heterocycles. The number of carboxylic acid groups (broad SMARTS) is 2. The fourth-order valence-corrected chi connectivity index (χ4v) is 1.03. The highest BCUT2D eigenvalue weighted by atomic mass is 32.2. The van der Waals surface area contributed by atoms with E-state index in [2.05, 4.69) is 0 Å². The van der Waals surface area contributed by atoms with Gasteiger partial charge in [0.05, 0.1) is 0 Å². The van der Waals surface area contributed by atoms with Gasteiger partial charge in [-0.15, -0.1) is 11.8 Å². The largest absolute Gasteiger partial charge is 0.480 e. The second-order valence-corrected chi connectivity index (χ2v) is 2.89. The van der Waals surface area contributed by atoms with Crippen LogP contribution in [0.4, 0.5) is 0 Å². The second kappa shape index (κ2) is 4.16. The minimum atomic E-state index is -1.31. The number of hydrogen-bond donors (Lipinski definition) is 2. The molecule has 0 radical (unpaired) electrons. The Morgan fingerprint density at radius 3 is 1.90 bits per heavy atom. The number of carbonyl (C=O) groups is 2. The van der Waals surface area contributed by atoms with E-state index in [-0.39, 0.29) is 0 Å². The lowest BCUT2D eigenvalue weighted by atomic mass is 10.4. The van der Waals surface area contributed by atoms with E-state index < -0.39 is 17.2 Å². The van der Waals surface area contributed by atoms with Crippen LogP contribution in [0.2, 0.25) is 0 Å². The molecule has 0 aromatic rings. The summed E-state index contributed by atoms with van der Waals surface area (Å²) in [7, 11) is 0. The van der Waals surface area contributed by atoms with Gasteiger partial charge in [-0.1, -0.05) is 6.92 Å². The molecule has 0 unspecified atom stereocenters. The third kappa shape index (κ3) is 2.72. The molecule has 2 N–H and O–H groups in total. The van der Waals surface area contributed by atoms with Crippen LogP contribution < -0.4 is 0 Å². The van der Waals surface area contributed by atoms with Crippen molar-refractivity contribution >= 4 is 23.7 Å². The van der Waals surface area contributed by atoms with Gasteiger partial charge in [-0.05, 0) is 5.75 Å². The smallest absolute Gasteiger partial charge is 0.328 e. The molecular formula is C5H8O4S. The normalized spacial score (nSPS) is 9.80. The van der Waals surface area contributed by atoms with Crippen LogP contribution in [0, 0.1) is 0 Å². The molecule has 10 heavy (non-hydrogen) atoms. The first kappa shape index (κ1) is 9.29. The molecule has 4 nitrogen and oxygen atoms in total. The maximum Gasteiger partial charge on any atom is 0.328 e. The molecule has 0 atom stereocenters. The molecule has 0 rings (SSSR count). The van der Waals surface area contributed by atoms with Gasteiger partial charge in [0.1, 0.15) is 0 Å². The van der Waals surface area contributed by atoms with Crippen molar-refractivity contribution < 1.29 is 19.8 Å². The Balaban J connectivity index is 3.98. The van der Waals surface area contributed by atoms with Crippen molar-refractivity contribution in [3.63, 3.8) is 0 Å². The SMILES string of the molecule is CCSC(C(=O)O)C(=O)O. The fraction of sp³-hybridized carbons (Fsp3) is 0.600. The van der Waals surface area contributed by atoms with Crippen LogP contribution in [0.5, 0.6) is 0 Å². The van der Waals surface area contributed by atoms with Crippen LogP contribution in [0.25, 0.3) is 0 Å². The fourth-order valence-electron chi connectivity index (χ4n) is 0.415. The topological polar surface area (TPSA) is 74.6 Å². The van der Waals surface area contributed by atoms with Gasteiger partial charge in [0.15, 0.2) is 5.25 Å². The Bertz CT molecular complexity index is 131. The third-order valence-corrected chi connectivity index (χ3v) is 1.85. The maximum absolute atomic E-state index is 10.1. The summed E-state index contributed by atoms with van der Waals surface area (Å²) in [5.74, 6) is -2.10. The third-order valence-electron chi connectivity index (χ3n) is 0.782. The Morgan fingerprint density at radius 2 is 1.80 bits per heavy atom. The quantitative estimate of drug-likeness (QED) is 0.583. The number of rotatable bonds is 4. The van der Waals surface area contributed by atoms with Gasteiger partial charge in [-0.2, -0.15) is 0 Å². The molecule has 0 heterocycles. The van der Waals surface area contributed by atoms with E-state index in [0.29, 0.717) is 5.75 Å². The summed E-state index contributed by atoms with van der Waals surface area (Å²) >= 11 is 0.894. The molecule has 0 amide bonds. The van der Waals surface area contributed by atoms with Crippen LogP contribution in [0.1, 0.15) is 6.92 Å². The Labute approximate surface area is 62.2 Å². The molecule has 0 aromatic carbocycles. The predicted molar refractivity (Wildman–Crippen MR) is 37.2 cm³/mol. The molecular weight excluding hydrogens is 156 g/mol. The summed E-state index contributed by atoms with van der Waals surface area (Å²) in [6.07, 6.45) is 0. The summed E-state index contributed by atoms with van der Waals surface area (Å²) in [5, 5.41) is 15.2. The van der Waals surface area contributed by atoms with E-state index in [4.69, 9.17) is 10.2 Å². The first-order chi connectivity index (χ1) is 4.59. The van der Waals surface area contributed by atoms with Crippen LogP contribution in [-0.2, 0) is 9.59 Å². The molecule has 58 valence electrons. The van der Waals surface area contributed by atoms with E-state index in [1.807, 2.05) is 0 Å². The first-order valence-corrected chi connectivity index (χ1v) is 3.71. The van der Waals surface area contributed by atoms with E-state index in [9.17, 15) is 9.59 Å². The van der Waals surface area contributed by atoms with Gasteiger partial charge in [0.2, 0.25) is 0 Å². The lowest BCUT2D eigenvalue weighted by molar-refractivity contribution is -0.146. The monoisotopic (exact) mass is 164 g/mol. The standard InChI is InChI=1S/C5H8O4S/c1-2-10-3(4(6)7)5(8)9/h3H,2H2,1H3,(H,6,7)(H,8,9). The van der Waals surface area contributed by atoms with Crippen LogP contribution in [-0.4, -0.2) is 33.2 Å². The highest BCUT2D eigenvalue weighted by Crippen LogP contribution is 2.09. The minimum absolute atomic E-state index is 0.489. The summed E-state index contributed by atoms with van der Waals surface area (Å²) in [6, 6.07) is 0. The van der Waals surface area contributed by atoms with Gasteiger partial charge >= 0.3 is 11.9 Å². The van der Waals surface area contributed by atoms with E-state index in [0.717, 1.165) is 11.8 Å². The van der Waals surface area contributed by atoms with Crippen molar-refractivity contribution in [3.8, 4) is 0 Å². The van der Waals surface area contributed by atoms with Crippen molar-refractivity contribution in [2.75, 3.05) is 5.75 Å². The lowest BCUT2D eigenvalue weighted by Gasteiger charge is -2.02.